The standard InChI is InChI=1S/C17H20BrNO/c1-20-15-7-4-12-10-13(18)5-6-14(12)16(15)17(11-19)8-2-3-9-17/h4-7,10H,2-3,8-9,11,19H2,1H3. The van der Waals surface area contributed by atoms with Crippen molar-refractivity contribution in [1.82, 2.24) is 0 Å². The number of fused-ring (bicyclic) bond motifs is 1. The highest BCUT2D eigenvalue weighted by Crippen LogP contribution is 2.47. The Labute approximate surface area is 128 Å². The van der Waals surface area contributed by atoms with Gasteiger partial charge in [-0.2, -0.15) is 0 Å². The molecule has 0 spiro atoms. The third kappa shape index (κ3) is 2.13. The molecule has 0 aliphatic heterocycles. The molecular formula is C17H20BrNO. The number of benzene rings is 2. The van der Waals surface area contributed by atoms with Crippen molar-refractivity contribution >= 4 is 26.7 Å². The summed E-state index contributed by atoms with van der Waals surface area (Å²) in [6, 6.07) is 10.7. The van der Waals surface area contributed by atoms with Crippen LogP contribution in [0.3, 0.4) is 0 Å². The number of nitrogens with two attached hydrogens (primary N) is 1. The van der Waals surface area contributed by atoms with E-state index in [1.807, 2.05) is 0 Å². The zero-order valence-corrected chi connectivity index (χ0v) is 13.4. The number of halogens is 1. The average Bonchev–Trinajstić information content (AvgIpc) is 2.95. The van der Waals surface area contributed by atoms with Gasteiger partial charge in [0.1, 0.15) is 5.75 Å². The van der Waals surface area contributed by atoms with Gasteiger partial charge in [0.15, 0.2) is 0 Å². The SMILES string of the molecule is COc1ccc2cc(Br)ccc2c1C1(CN)CCCC1. The normalized spacial score (nSPS) is 17.6. The molecule has 1 fully saturated rings. The number of rotatable bonds is 3. The van der Waals surface area contributed by atoms with Gasteiger partial charge in [0.25, 0.3) is 0 Å². The molecule has 106 valence electrons. The highest BCUT2D eigenvalue weighted by molar-refractivity contribution is 9.10. The Balaban J connectivity index is 2.30. The van der Waals surface area contributed by atoms with Gasteiger partial charge in [0, 0.05) is 22.0 Å². The van der Waals surface area contributed by atoms with Gasteiger partial charge in [0.2, 0.25) is 0 Å². The third-order valence-electron chi connectivity index (χ3n) is 4.65. The van der Waals surface area contributed by atoms with Crippen molar-refractivity contribution < 1.29 is 4.74 Å². The average molecular weight is 334 g/mol. The van der Waals surface area contributed by atoms with E-state index >= 15 is 0 Å². The van der Waals surface area contributed by atoms with Crippen LogP contribution in [0.25, 0.3) is 10.8 Å². The van der Waals surface area contributed by atoms with E-state index in [1.165, 1.54) is 29.2 Å². The van der Waals surface area contributed by atoms with E-state index in [4.69, 9.17) is 10.5 Å². The lowest BCUT2D eigenvalue weighted by Gasteiger charge is -2.31. The molecule has 0 saturated heterocycles. The first kappa shape index (κ1) is 13.9. The molecule has 3 heteroatoms. The Hall–Kier alpha value is -1.06. The van der Waals surface area contributed by atoms with Gasteiger partial charge >= 0.3 is 0 Å². The summed E-state index contributed by atoms with van der Waals surface area (Å²) in [7, 11) is 1.75. The van der Waals surface area contributed by atoms with Crippen LogP contribution < -0.4 is 10.5 Å². The van der Waals surface area contributed by atoms with E-state index in [2.05, 4.69) is 46.3 Å². The van der Waals surface area contributed by atoms with Crippen molar-refractivity contribution in [2.75, 3.05) is 13.7 Å². The summed E-state index contributed by atoms with van der Waals surface area (Å²) in [4.78, 5) is 0. The summed E-state index contributed by atoms with van der Waals surface area (Å²) in [5.41, 5.74) is 7.57. The fraction of sp³-hybridized carbons (Fsp3) is 0.412. The minimum atomic E-state index is 0.0820. The maximum Gasteiger partial charge on any atom is 0.123 e. The Morgan fingerprint density at radius 3 is 2.60 bits per heavy atom. The first-order valence-corrected chi connectivity index (χ1v) is 7.96. The maximum absolute atomic E-state index is 6.18. The molecule has 0 aromatic heterocycles. The highest BCUT2D eigenvalue weighted by Gasteiger charge is 2.37. The van der Waals surface area contributed by atoms with Crippen molar-refractivity contribution in [3.63, 3.8) is 0 Å². The van der Waals surface area contributed by atoms with E-state index in [9.17, 15) is 0 Å². The lowest BCUT2D eigenvalue weighted by Crippen LogP contribution is -2.32. The molecule has 3 rings (SSSR count). The van der Waals surface area contributed by atoms with Gasteiger partial charge in [-0.3, -0.25) is 0 Å². The van der Waals surface area contributed by atoms with Crippen molar-refractivity contribution in [3.05, 3.63) is 40.4 Å². The molecule has 0 heterocycles. The molecule has 20 heavy (non-hydrogen) atoms. The molecule has 2 nitrogen and oxygen atoms in total. The number of hydrogen-bond donors (Lipinski definition) is 1. The molecule has 0 amide bonds. The van der Waals surface area contributed by atoms with Crippen molar-refractivity contribution in [2.24, 2.45) is 5.73 Å². The molecule has 1 saturated carbocycles. The molecule has 2 aromatic rings. The topological polar surface area (TPSA) is 35.2 Å². The quantitative estimate of drug-likeness (QED) is 0.904. The van der Waals surface area contributed by atoms with E-state index in [0.29, 0.717) is 6.54 Å². The van der Waals surface area contributed by atoms with Gasteiger partial charge in [-0.25, -0.2) is 0 Å². The number of methoxy groups -OCH3 is 1. The molecule has 2 N–H and O–H groups in total. The van der Waals surface area contributed by atoms with Crippen LogP contribution in [0.1, 0.15) is 31.2 Å². The Kier molecular flexibility index (Phi) is 3.74. The molecule has 1 aliphatic carbocycles. The van der Waals surface area contributed by atoms with E-state index in [1.54, 1.807) is 7.11 Å². The minimum Gasteiger partial charge on any atom is -0.496 e. The second kappa shape index (κ2) is 5.38. The van der Waals surface area contributed by atoms with Crippen LogP contribution in [0.15, 0.2) is 34.8 Å². The largest absolute Gasteiger partial charge is 0.496 e. The van der Waals surface area contributed by atoms with Crippen LogP contribution in [0.5, 0.6) is 5.75 Å². The summed E-state index contributed by atoms with van der Waals surface area (Å²) in [6.07, 6.45) is 4.84. The Morgan fingerprint density at radius 2 is 1.95 bits per heavy atom. The number of ether oxygens (including phenoxy) is 1. The maximum atomic E-state index is 6.18. The second-order valence-electron chi connectivity index (χ2n) is 5.70. The third-order valence-corrected chi connectivity index (χ3v) is 5.14. The predicted molar refractivity (Wildman–Crippen MR) is 87.4 cm³/mol. The molecular weight excluding hydrogens is 314 g/mol. The first-order valence-electron chi connectivity index (χ1n) is 7.17. The first-order chi connectivity index (χ1) is 9.70. The number of hydrogen-bond acceptors (Lipinski definition) is 2. The van der Waals surface area contributed by atoms with Crippen LogP contribution >= 0.6 is 15.9 Å². The summed E-state index contributed by atoms with van der Waals surface area (Å²) in [5.74, 6) is 0.979. The highest BCUT2D eigenvalue weighted by atomic mass is 79.9. The lowest BCUT2D eigenvalue weighted by atomic mass is 9.76. The molecule has 0 unspecified atom stereocenters. The molecule has 2 aromatic carbocycles. The van der Waals surface area contributed by atoms with Crippen LogP contribution in [0, 0.1) is 0 Å². The molecule has 0 bridgehead atoms. The summed E-state index contributed by atoms with van der Waals surface area (Å²) in [6.45, 7) is 0.693. The van der Waals surface area contributed by atoms with Crippen molar-refractivity contribution in [3.8, 4) is 5.75 Å². The second-order valence-corrected chi connectivity index (χ2v) is 6.62. The van der Waals surface area contributed by atoms with Crippen LogP contribution in [-0.2, 0) is 5.41 Å². The smallest absolute Gasteiger partial charge is 0.123 e. The fourth-order valence-electron chi connectivity index (χ4n) is 3.61. The Morgan fingerprint density at radius 1 is 1.20 bits per heavy atom. The summed E-state index contributed by atoms with van der Waals surface area (Å²) in [5, 5.41) is 2.52. The predicted octanol–water partition coefficient (Wildman–Crippen LogP) is 4.38. The zero-order valence-electron chi connectivity index (χ0n) is 11.8. The minimum absolute atomic E-state index is 0.0820. The van der Waals surface area contributed by atoms with E-state index < -0.39 is 0 Å². The Bertz CT molecular complexity index is 632. The monoisotopic (exact) mass is 333 g/mol. The fourth-order valence-corrected chi connectivity index (χ4v) is 3.98. The molecule has 0 radical (unpaired) electrons. The van der Waals surface area contributed by atoms with Crippen molar-refractivity contribution in [1.29, 1.82) is 0 Å². The van der Waals surface area contributed by atoms with Gasteiger partial charge in [-0.1, -0.05) is 40.9 Å². The van der Waals surface area contributed by atoms with Gasteiger partial charge in [-0.05, 0) is 41.8 Å². The molecule has 0 atom stereocenters. The van der Waals surface area contributed by atoms with Crippen LogP contribution in [0.4, 0.5) is 0 Å². The summed E-state index contributed by atoms with van der Waals surface area (Å²) >= 11 is 3.55. The van der Waals surface area contributed by atoms with E-state index in [-0.39, 0.29) is 5.41 Å². The lowest BCUT2D eigenvalue weighted by molar-refractivity contribution is 0.380. The van der Waals surface area contributed by atoms with Gasteiger partial charge < -0.3 is 10.5 Å². The van der Waals surface area contributed by atoms with Crippen molar-refractivity contribution in [2.45, 2.75) is 31.1 Å². The zero-order chi connectivity index (χ0) is 14.2. The van der Waals surface area contributed by atoms with Gasteiger partial charge in [0.05, 0.1) is 7.11 Å². The van der Waals surface area contributed by atoms with Crippen LogP contribution in [0.2, 0.25) is 0 Å². The van der Waals surface area contributed by atoms with E-state index in [0.717, 1.165) is 23.1 Å². The van der Waals surface area contributed by atoms with Gasteiger partial charge in [-0.15, -0.1) is 0 Å². The summed E-state index contributed by atoms with van der Waals surface area (Å²) < 4.78 is 6.76. The molecule has 1 aliphatic rings. The van der Waals surface area contributed by atoms with Crippen LogP contribution in [-0.4, -0.2) is 13.7 Å².